The number of carbonyl (C=O) groups is 1. The lowest BCUT2D eigenvalue weighted by molar-refractivity contribution is -0.137. The molecule has 1 amide bonds. The first-order valence-electron chi connectivity index (χ1n) is 7.72. The lowest BCUT2D eigenvalue weighted by Crippen LogP contribution is -2.22. The summed E-state index contributed by atoms with van der Waals surface area (Å²) in [4.78, 5) is 15.1. The average molecular weight is 354 g/mol. The Balaban J connectivity index is 1.85. The van der Waals surface area contributed by atoms with Gasteiger partial charge < -0.3 is 10.2 Å². The summed E-state index contributed by atoms with van der Waals surface area (Å²) in [7, 11) is 0. The predicted octanol–water partition coefficient (Wildman–Crippen LogP) is 4.55. The van der Waals surface area contributed by atoms with Gasteiger partial charge in [-0.25, -0.2) is 0 Å². The summed E-state index contributed by atoms with van der Waals surface area (Å²) in [6, 6.07) is 7.22. The number of benzene rings is 1. The Hall–Kier alpha value is -2.02. The number of carbonyl (C=O) groups excluding carboxylic acids is 1. The first-order valence-corrected chi connectivity index (χ1v) is 8.60. The minimum absolute atomic E-state index is 0.160. The summed E-state index contributed by atoms with van der Waals surface area (Å²) in [5.41, 5.74) is 0.130. The van der Waals surface area contributed by atoms with Crippen LogP contribution in [0.5, 0.6) is 0 Å². The molecule has 2 heterocycles. The number of rotatable bonds is 4. The number of halogens is 3. The number of nitrogens with zero attached hydrogens (tertiary/aromatic N) is 1. The third-order valence-electron chi connectivity index (χ3n) is 3.96. The van der Waals surface area contributed by atoms with Crippen LogP contribution in [-0.2, 0) is 17.4 Å². The van der Waals surface area contributed by atoms with Gasteiger partial charge in [0, 0.05) is 18.0 Å². The normalized spacial score (nSPS) is 14.9. The van der Waals surface area contributed by atoms with Gasteiger partial charge in [-0.1, -0.05) is 6.07 Å². The maximum Gasteiger partial charge on any atom is 0.416 e. The van der Waals surface area contributed by atoms with E-state index in [4.69, 9.17) is 0 Å². The van der Waals surface area contributed by atoms with Crippen LogP contribution in [0.3, 0.4) is 0 Å². The summed E-state index contributed by atoms with van der Waals surface area (Å²) in [5.74, 6) is -0.308. The van der Waals surface area contributed by atoms with Crippen molar-refractivity contribution < 1.29 is 18.0 Å². The van der Waals surface area contributed by atoms with E-state index in [0.29, 0.717) is 5.69 Å². The monoisotopic (exact) mass is 354 g/mol. The zero-order chi connectivity index (χ0) is 17.2. The second-order valence-corrected chi connectivity index (χ2v) is 6.76. The molecule has 0 aliphatic carbocycles. The molecular formula is C17H17F3N2OS. The van der Waals surface area contributed by atoms with E-state index in [1.54, 1.807) is 0 Å². The maximum absolute atomic E-state index is 13.0. The van der Waals surface area contributed by atoms with Gasteiger partial charge in [0.05, 0.1) is 23.4 Å². The first kappa shape index (κ1) is 16.8. The molecule has 3 rings (SSSR count). The predicted molar refractivity (Wildman–Crippen MR) is 89.5 cm³/mol. The number of anilines is 2. The van der Waals surface area contributed by atoms with Crippen LogP contribution in [0.25, 0.3) is 0 Å². The molecule has 0 atom stereocenters. The summed E-state index contributed by atoms with van der Waals surface area (Å²) in [5, 5.41) is 4.53. The van der Waals surface area contributed by atoms with Crippen molar-refractivity contribution >= 4 is 28.6 Å². The highest BCUT2D eigenvalue weighted by molar-refractivity contribution is 7.10. The van der Waals surface area contributed by atoms with E-state index in [1.807, 2.05) is 22.4 Å². The van der Waals surface area contributed by atoms with Crippen LogP contribution in [0.2, 0.25) is 0 Å². The van der Waals surface area contributed by atoms with E-state index < -0.39 is 11.7 Å². The van der Waals surface area contributed by atoms with Crippen molar-refractivity contribution in [2.75, 3.05) is 23.3 Å². The maximum atomic E-state index is 13.0. The van der Waals surface area contributed by atoms with Crippen LogP contribution in [0.1, 0.15) is 23.3 Å². The Kier molecular flexibility index (Phi) is 4.80. The Morgan fingerprint density at radius 3 is 2.58 bits per heavy atom. The highest BCUT2D eigenvalue weighted by Crippen LogP contribution is 2.36. The zero-order valence-electron chi connectivity index (χ0n) is 12.9. The van der Waals surface area contributed by atoms with Crippen LogP contribution in [0.15, 0.2) is 35.7 Å². The fourth-order valence-electron chi connectivity index (χ4n) is 2.81. The highest BCUT2D eigenvalue weighted by atomic mass is 32.1. The summed E-state index contributed by atoms with van der Waals surface area (Å²) >= 11 is 1.45. The Morgan fingerprint density at radius 2 is 1.96 bits per heavy atom. The quantitative estimate of drug-likeness (QED) is 0.874. The average Bonchev–Trinajstić information content (AvgIpc) is 3.19. The standard InChI is InChI=1S/C17H17F3N2OS/c18-17(19,20)12-5-6-15(22-7-1-2-8-22)14(10-12)21-16(23)11-13-4-3-9-24-13/h3-6,9-10H,1-2,7-8,11H2,(H,21,23). The van der Waals surface area contributed by atoms with Gasteiger partial charge in [0.25, 0.3) is 0 Å². The van der Waals surface area contributed by atoms with Crippen LogP contribution in [0, 0.1) is 0 Å². The number of hydrogen-bond acceptors (Lipinski definition) is 3. The summed E-state index contributed by atoms with van der Waals surface area (Å²) in [6.07, 6.45) is -2.27. The molecule has 0 bridgehead atoms. The van der Waals surface area contributed by atoms with Crippen LogP contribution in [0.4, 0.5) is 24.5 Å². The van der Waals surface area contributed by atoms with Gasteiger partial charge in [0.2, 0.25) is 5.91 Å². The molecule has 24 heavy (non-hydrogen) atoms. The Morgan fingerprint density at radius 1 is 1.21 bits per heavy atom. The molecular weight excluding hydrogens is 337 g/mol. The Bertz CT molecular complexity index is 707. The van der Waals surface area contributed by atoms with Crippen molar-refractivity contribution in [2.24, 2.45) is 0 Å². The largest absolute Gasteiger partial charge is 0.416 e. The molecule has 2 aromatic rings. The number of thiophene rings is 1. The van der Waals surface area contributed by atoms with Crippen molar-refractivity contribution in [1.29, 1.82) is 0 Å². The van der Waals surface area contributed by atoms with E-state index in [0.717, 1.165) is 42.9 Å². The van der Waals surface area contributed by atoms with Gasteiger partial charge in [0.15, 0.2) is 0 Å². The fraction of sp³-hybridized carbons (Fsp3) is 0.353. The van der Waals surface area contributed by atoms with Gasteiger partial charge >= 0.3 is 6.18 Å². The van der Waals surface area contributed by atoms with Gasteiger partial charge in [-0.2, -0.15) is 13.2 Å². The number of amides is 1. The van der Waals surface area contributed by atoms with E-state index in [9.17, 15) is 18.0 Å². The smallest absolute Gasteiger partial charge is 0.370 e. The van der Waals surface area contributed by atoms with Crippen molar-refractivity contribution in [3.05, 3.63) is 46.2 Å². The third-order valence-corrected chi connectivity index (χ3v) is 4.84. The van der Waals surface area contributed by atoms with Crippen molar-refractivity contribution in [1.82, 2.24) is 0 Å². The second kappa shape index (κ2) is 6.84. The first-order chi connectivity index (χ1) is 11.4. The fourth-order valence-corrected chi connectivity index (χ4v) is 3.52. The lowest BCUT2D eigenvalue weighted by Gasteiger charge is -2.23. The topological polar surface area (TPSA) is 32.3 Å². The number of hydrogen-bond donors (Lipinski definition) is 1. The minimum Gasteiger partial charge on any atom is -0.370 e. The molecule has 0 spiro atoms. The minimum atomic E-state index is -4.43. The van der Waals surface area contributed by atoms with Gasteiger partial charge in [-0.3, -0.25) is 4.79 Å². The Labute approximate surface area is 142 Å². The molecule has 1 aromatic carbocycles. The third kappa shape index (κ3) is 3.90. The molecule has 1 saturated heterocycles. The van der Waals surface area contributed by atoms with E-state index in [-0.39, 0.29) is 18.0 Å². The number of nitrogens with one attached hydrogen (secondary N) is 1. The van der Waals surface area contributed by atoms with E-state index >= 15 is 0 Å². The molecule has 0 saturated carbocycles. The molecule has 128 valence electrons. The molecule has 1 N–H and O–H groups in total. The second-order valence-electron chi connectivity index (χ2n) is 5.73. The van der Waals surface area contributed by atoms with Crippen LogP contribution in [-0.4, -0.2) is 19.0 Å². The van der Waals surface area contributed by atoms with Gasteiger partial charge in [-0.05, 0) is 42.5 Å². The van der Waals surface area contributed by atoms with Gasteiger partial charge in [-0.15, -0.1) is 11.3 Å². The van der Waals surface area contributed by atoms with Gasteiger partial charge in [0.1, 0.15) is 0 Å². The van der Waals surface area contributed by atoms with Crippen LogP contribution >= 0.6 is 11.3 Å². The molecule has 3 nitrogen and oxygen atoms in total. The molecule has 1 aliphatic rings. The zero-order valence-corrected chi connectivity index (χ0v) is 13.7. The molecule has 0 radical (unpaired) electrons. The molecule has 7 heteroatoms. The summed E-state index contributed by atoms with van der Waals surface area (Å²) in [6.45, 7) is 1.58. The summed E-state index contributed by atoms with van der Waals surface area (Å²) < 4.78 is 39.0. The van der Waals surface area contributed by atoms with Crippen LogP contribution < -0.4 is 10.2 Å². The molecule has 1 aromatic heterocycles. The van der Waals surface area contributed by atoms with E-state index in [2.05, 4.69) is 5.32 Å². The number of alkyl halides is 3. The lowest BCUT2D eigenvalue weighted by atomic mass is 10.1. The molecule has 0 unspecified atom stereocenters. The molecule has 1 fully saturated rings. The van der Waals surface area contributed by atoms with E-state index in [1.165, 1.54) is 17.4 Å². The SMILES string of the molecule is O=C(Cc1cccs1)Nc1cc(C(F)(F)F)ccc1N1CCCC1. The molecule has 1 aliphatic heterocycles. The van der Waals surface area contributed by atoms with Crippen molar-refractivity contribution in [3.8, 4) is 0 Å². The van der Waals surface area contributed by atoms with Crippen molar-refractivity contribution in [3.63, 3.8) is 0 Å². The van der Waals surface area contributed by atoms with Crippen molar-refractivity contribution in [2.45, 2.75) is 25.4 Å². The highest BCUT2D eigenvalue weighted by Gasteiger charge is 2.32.